The van der Waals surface area contributed by atoms with Gasteiger partial charge < -0.3 is 24.2 Å². The molecule has 1 aliphatic heterocycles. The summed E-state index contributed by atoms with van der Waals surface area (Å²) in [7, 11) is 7.83. The van der Waals surface area contributed by atoms with E-state index < -0.39 is 0 Å². The zero-order valence-corrected chi connectivity index (χ0v) is 17.4. The molecule has 4 rings (SSSR count). The van der Waals surface area contributed by atoms with E-state index >= 15 is 0 Å². The van der Waals surface area contributed by atoms with Crippen molar-refractivity contribution in [1.82, 2.24) is 14.9 Å². The van der Waals surface area contributed by atoms with Crippen molar-refractivity contribution in [3.05, 3.63) is 12.1 Å². The van der Waals surface area contributed by atoms with Gasteiger partial charge in [-0.25, -0.2) is 4.98 Å². The maximum absolute atomic E-state index is 6.29. The number of likely N-dealkylation sites (N-methyl/N-ethyl adjacent to an activating group) is 1. The molecule has 2 heterocycles. The number of piperazine rings is 1. The van der Waals surface area contributed by atoms with Crippen molar-refractivity contribution in [3.63, 3.8) is 0 Å². The Bertz CT molecular complexity index is 827. The standard InChI is InChI=1S/C21H31N5O2/c1-24(2)21-22-17-14-19(28-15-7-5-6-8-15)18(27-4)13-16(17)20(23-21)26-11-9-25(3)10-12-26/h13-15H,5-12H2,1-4H3. The molecule has 2 aliphatic rings. The van der Waals surface area contributed by atoms with E-state index in [1.165, 1.54) is 12.8 Å². The summed E-state index contributed by atoms with van der Waals surface area (Å²) in [4.78, 5) is 16.3. The molecule has 1 saturated carbocycles. The second kappa shape index (κ2) is 7.99. The lowest BCUT2D eigenvalue weighted by Crippen LogP contribution is -2.45. The van der Waals surface area contributed by atoms with Crippen molar-refractivity contribution in [2.75, 3.05) is 64.2 Å². The zero-order valence-electron chi connectivity index (χ0n) is 17.4. The van der Waals surface area contributed by atoms with Crippen LogP contribution in [0.25, 0.3) is 10.9 Å². The molecule has 0 N–H and O–H groups in total. The lowest BCUT2D eigenvalue weighted by molar-refractivity contribution is 0.201. The van der Waals surface area contributed by atoms with Gasteiger partial charge in [0.25, 0.3) is 0 Å². The first-order chi connectivity index (χ1) is 13.5. The Balaban J connectivity index is 1.78. The Morgan fingerprint density at radius 2 is 1.71 bits per heavy atom. The monoisotopic (exact) mass is 385 g/mol. The third-order valence-electron chi connectivity index (χ3n) is 5.75. The van der Waals surface area contributed by atoms with Gasteiger partial charge in [0.2, 0.25) is 5.95 Å². The van der Waals surface area contributed by atoms with Gasteiger partial charge in [-0.3, -0.25) is 0 Å². The average Bonchev–Trinajstić information content (AvgIpc) is 3.20. The summed E-state index contributed by atoms with van der Waals surface area (Å²) in [6.07, 6.45) is 4.97. The molecule has 0 unspecified atom stereocenters. The van der Waals surface area contributed by atoms with E-state index in [4.69, 9.17) is 19.4 Å². The van der Waals surface area contributed by atoms with Crippen LogP contribution in [0.3, 0.4) is 0 Å². The van der Waals surface area contributed by atoms with Crippen LogP contribution in [0.5, 0.6) is 11.5 Å². The van der Waals surface area contributed by atoms with E-state index in [1.54, 1.807) is 7.11 Å². The highest BCUT2D eigenvalue weighted by Crippen LogP contribution is 2.38. The van der Waals surface area contributed by atoms with Crippen LogP contribution in [0.1, 0.15) is 25.7 Å². The third-order valence-corrected chi connectivity index (χ3v) is 5.75. The van der Waals surface area contributed by atoms with Crippen LogP contribution in [0.15, 0.2) is 12.1 Å². The largest absolute Gasteiger partial charge is 0.493 e. The topological polar surface area (TPSA) is 54.0 Å². The van der Waals surface area contributed by atoms with Crippen LogP contribution in [0, 0.1) is 0 Å². The van der Waals surface area contributed by atoms with E-state index in [2.05, 4.69) is 16.8 Å². The Hall–Kier alpha value is -2.28. The SMILES string of the molecule is COc1cc2c(N3CCN(C)CC3)nc(N(C)C)nc2cc1OC1CCCC1. The van der Waals surface area contributed by atoms with E-state index in [0.717, 1.165) is 73.2 Å². The summed E-state index contributed by atoms with van der Waals surface area (Å²) in [5.74, 6) is 3.25. The second-order valence-electron chi connectivity index (χ2n) is 8.08. The van der Waals surface area contributed by atoms with Crippen molar-refractivity contribution >= 4 is 22.7 Å². The first-order valence-electron chi connectivity index (χ1n) is 10.2. The summed E-state index contributed by atoms with van der Waals surface area (Å²) in [5, 5.41) is 1.02. The molecule has 1 aromatic carbocycles. The predicted octanol–water partition coefficient (Wildman–Crippen LogP) is 2.78. The van der Waals surface area contributed by atoms with Crippen LogP contribution in [-0.2, 0) is 0 Å². The van der Waals surface area contributed by atoms with Gasteiger partial charge in [0.05, 0.1) is 18.7 Å². The minimum Gasteiger partial charge on any atom is -0.493 e. The molecule has 0 radical (unpaired) electrons. The number of methoxy groups -OCH3 is 1. The highest BCUT2D eigenvalue weighted by Gasteiger charge is 2.23. The lowest BCUT2D eigenvalue weighted by atomic mass is 10.1. The fraction of sp³-hybridized carbons (Fsp3) is 0.619. The summed E-state index contributed by atoms with van der Waals surface area (Å²) in [5.41, 5.74) is 0.904. The van der Waals surface area contributed by atoms with Crippen molar-refractivity contribution in [3.8, 4) is 11.5 Å². The average molecular weight is 386 g/mol. The predicted molar refractivity (Wildman–Crippen MR) is 113 cm³/mol. The van der Waals surface area contributed by atoms with Gasteiger partial charge in [0, 0.05) is 51.7 Å². The fourth-order valence-electron chi connectivity index (χ4n) is 4.01. The lowest BCUT2D eigenvalue weighted by Gasteiger charge is -2.34. The number of nitrogens with zero attached hydrogens (tertiary/aromatic N) is 5. The first kappa shape index (κ1) is 19.1. The number of ether oxygens (including phenoxy) is 2. The molecule has 2 aromatic rings. The molecule has 152 valence electrons. The van der Waals surface area contributed by atoms with Gasteiger partial charge in [-0.15, -0.1) is 0 Å². The summed E-state index contributed by atoms with van der Waals surface area (Å²) < 4.78 is 12.0. The molecule has 7 nitrogen and oxygen atoms in total. The van der Waals surface area contributed by atoms with Crippen LogP contribution in [0.2, 0.25) is 0 Å². The number of fused-ring (bicyclic) bond motifs is 1. The van der Waals surface area contributed by atoms with Crippen molar-refractivity contribution < 1.29 is 9.47 Å². The third kappa shape index (κ3) is 3.81. The van der Waals surface area contributed by atoms with Crippen molar-refractivity contribution in [1.29, 1.82) is 0 Å². The number of hydrogen-bond donors (Lipinski definition) is 0. The van der Waals surface area contributed by atoms with Crippen LogP contribution >= 0.6 is 0 Å². The van der Waals surface area contributed by atoms with E-state index in [-0.39, 0.29) is 6.10 Å². The minimum absolute atomic E-state index is 0.276. The highest BCUT2D eigenvalue weighted by molar-refractivity contribution is 5.93. The molecule has 1 aliphatic carbocycles. The number of anilines is 2. The maximum atomic E-state index is 6.29. The molecule has 0 spiro atoms. The van der Waals surface area contributed by atoms with Crippen molar-refractivity contribution in [2.24, 2.45) is 0 Å². The second-order valence-corrected chi connectivity index (χ2v) is 8.08. The molecule has 1 saturated heterocycles. The van der Waals surface area contributed by atoms with Crippen LogP contribution in [-0.4, -0.2) is 75.4 Å². The Labute approximate surface area is 167 Å². The molecule has 0 atom stereocenters. The summed E-state index contributed by atoms with van der Waals surface area (Å²) >= 11 is 0. The molecule has 7 heteroatoms. The molecular formula is C21H31N5O2. The number of hydrogen-bond acceptors (Lipinski definition) is 7. The van der Waals surface area contributed by atoms with Crippen LogP contribution < -0.4 is 19.3 Å². The fourth-order valence-corrected chi connectivity index (χ4v) is 4.01. The Morgan fingerprint density at radius 1 is 1.00 bits per heavy atom. The van der Waals surface area contributed by atoms with Gasteiger partial charge in [-0.1, -0.05) is 0 Å². The van der Waals surface area contributed by atoms with Gasteiger partial charge >= 0.3 is 0 Å². The highest BCUT2D eigenvalue weighted by atomic mass is 16.5. The van der Waals surface area contributed by atoms with Crippen molar-refractivity contribution in [2.45, 2.75) is 31.8 Å². The van der Waals surface area contributed by atoms with Crippen LogP contribution in [0.4, 0.5) is 11.8 Å². The molecule has 1 aromatic heterocycles. The van der Waals surface area contributed by atoms with Gasteiger partial charge in [-0.2, -0.15) is 4.98 Å². The zero-order chi connectivity index (χ0) is 19.7. The molecule has 0 bridgehead atoms. The van der Waals surface area contributed by atoms with E-state index in [1.807, 2.05) is 31.1 Å². The molecule has 28 heavy (non-hydrogen) atoms. The normalized spacial score (nSPS) is 18.6. The Morgan fingerprint density at radius 3 is 2.36 bits per heavy atom. The smallest absolute Gasteiger partial charge is 0.227 e. The number of aromatic nitrogens is 2. The summed E-state index contributed by atoms with van der Waals surface area (Å²) in [6.45, 7) is 3.97. The minimum atomic E-state index is 0.276. The van der Waals surface area contributed by atoms with Gasteiger partial charge in [0.1, 0.15) is 5.82 Å². The molecule has 2 fully saturated rings. The van der Waals surface area contributed by atoms with E-state index in [9.17, 15) is 0 Å². The van der Waals surface area contributed by atoms with E-state index in [0.29, 0.717) is 0 Å². The first-order valence-corrected chi connectivity index (χ1v) is 10.2. The van der Waals surface area contributed by atoms with Gasteiger partial charge in [0.15, 0.2) is 11.5 Å². The van der Waals surface area contributed by atoms with Gasteiger partial charge in [-0.05, 0) is 38.8 Å². The number of benzene rings is 1. The number of rotatable bonds is 5. The molecular weight excluding hydrogens is 354 g/mol. The maximum Gasteiger partial charge on any atom is 0.227 e. The summed E-state index contributed by atoms with van der Waals surface area (Å²) in [6, 6.07) is 4.08. The quantitative estimate of drug-likeness (QED) is 0.784. The molecule has 0 amide bonds. The Kier molecular flexibility index (Phi) is 5.44.